The Labute approximate surface area is 137 Å². The monoisotopic (exact) mass is 341 g/mol. The van der Waals surface area contributed by atoms with Gasteiger partial charge in [0.25, 0.3) is 5.91 Å². The van der Waals surface area contributed by atoms with Crippen LogP contribution in [0.2, 0.25) is 5.02 Å². The number of halogens is 1. The Kier molecular flexibility index (Phi) is 5.70. The van der Waals surface area contributed by atoms with Gasteiger partial charge in [-0.05, 0) is 37.1 Å². The molecular formula is C14H16ClN3O3S. The van der Waals surface area contributed by atoms with E-state index >= 15 is 0 Å². The second kappa shape index (κ2) is 7.53. The van der Waals surface area contributed by atoms with Gasteiger partial charge in [0.05, 0.1) is 0 Å². The summed E-state index contributed by atoms with van der Waals surface area (Å²) < 4.78 is 10.4. The molecule has 0 aliphatic carbocycles. The quantitative estimate of drug-likeness (QED) is 0.874. The van der Waals surface area contributed by atoms with Crippen LogP contribution < -0.4 is 10.1 Å². The lowest BCUT2D eigenvalue weighted by atomic mass is 10.1. The van der Waals surface area contributed by atoms with Gasteiger partial charge in [-0.15, -0.1) is 10.2 Å². The molecule has 2 rings (SSSR count). The third kappa shape index (κ3) is 4.40. The first-order chi connectivity index (χ1) is 10.5. The number of methoxy groups -OCH3 is 1. The number of amides is 1. The molecule has 0 spiro atoms. The summed E-state index contributed by atoms with van der Waals surface area (Å²) >= 11 is 7.35. The number of carbonyl (C=O) groups is 1. The van der Waals surface area contributed by atoms with E-state index in [0.29, 0.717) is 27.5 Å². The van der Waals surface area contributed by atoms with Gasteiger partial charge in [-0.1, -0.05) is 22.9 Å². The van der Waals surface area contributed by atoms with Crippen LogP contribution in [-0.4, -0.2) is 29.8 Å². The van der Waals surface area contributed by atoms with Crippen LogP contribution in [0.25, 0.3) is 0 Å². The molecule has 22 heavy (non-hydrogen) atoms. The predicted octanol–water partition coefficient (Wildman–Crippen LogP) is 2.97. The van der Waals surface area contributed by atoms with Crippen LogP contribution in [0.3, 0.4) is 0 Å². The zero-order valence-electron chi connectivity index (χ0n) is 12.5. The zero-order chi connectivity index (χ0) is 16.1. The average molecular weight is 342 g/mol. The SMILES string of the molecule is COCc1nnc(NC(=O)COc2cc(C)c(Cl)c(C)c2)s1. The molecule has 0 aliphatic rings. The highest BCUT2D eigenvalue weighted by Gasteiger charge is 2.10. The summed E-state index contributed by atoms with van der Waals surface area (Å²) in [4.78, 5) is 11.8. The smallest absolute Gasteiger partial charge is 0.264 e. The van der Waals surface area contributed by atoms with Crippen molar-refractivity contribution in [3.8, 4) is 5.75 Å². The van der Waals surface area contributed by atoms with Gasteiger partial charge in [0.1, 0.15) is 17.4 Å². The summed E-state index contributed by atoms with van der Waals surface area (Å²) in [5.41, 5.74) is 1.82. The molecule has 6 nitrogen and oxygen atoms in total. The van der Waals surface area contributed by atoms with E-state index in [0.717, 1.165) is 11.1 Å². The van der Waals surface area contributed by atoms with E-state index in [1.807, 2.05) is 13.8 Å². The molecule has 0 atom stereocenters. The first kappa shape index (κ1) is 16.7. The van der Waals surface area contributed by atoms with Crippen molar-refractivity contribution in [3.63, 3.8) is 0 Å². The molecule has 0 aliphatic heterocycles. The molecule has 1 amide bonds. The third-order valence-electron chi connectivity index (χ3n) is 2.76. The van der Waals surface area contributed by atoms with Crippen LogP contribution in [0.15, 0.2) is 12.1 Å². The lowest BCUT2D eigenvalue weighted by Gasteiger charge is -2.09. The largest absolute Gasteiger partial charge is 0.484 e. The molecule has 8 heteroatoms. The van der Waals surface area contributed by atoms with Gasteiger partial charge < -0.3 is 9.47 Å². The maximum atomic E-state index is 11.8. The summed E-state index contributed by atoms with van der Waals surface area (Å²) in [5.74, 6) is 0.303. The molecule has 118 valence electrons. The van der Waals surface area contributed by atoms with Crippen LogP contribution in [0.4, 0.5) is 5.13 Å². The molecular weight excluding hydrogens is 326 g/mol. The maximum absolute atomic E-state index is 11.8. The first-order valence-electron chi connectivity index (χ1n) is 6.50. The Morgan fingerprint density at radius 1 is 1.32 bits per heavy atom. The highest BCUT2D eigenvalue weighted by molar-refractivity contribution is 7.15. The Bertz CT molecular complexity index is 652. The lowest BCUT2D eigenvalue weighted by Crippen LogP contribution is -2.20. The number of hydrogen-bond acceptors (Lipinski definition) is 6. The average Bonchev–Trinajstić information content (AvgIpc) is 2.90. The summed E-state index contributed by atoms with van der Waals surface area (Å²) in [6.45, 7) is 4.04. The number of rotatable bonds is 6. The fourth-order valence-corrected chi connectivity index (χ4v) is 2.62. The predicted molar refractivity (Wildman–Crippen MR) is 85.7 cm³/mol. The van der Waals surface area contributed by atoms with E-state index in [4.69, 9.17) is 21.1 Å². The van der Waals surface area contributed by atoms with Crippen LogP contribution in [-0.2, 0) is 16.1 Å². The Hall–Kier alpha value is -1.70. The molecule has 0 unspecified atom stereocenters. The summed E-state index contributed by atoms with van der Waals surface area (Å²) in [6, 6.07) is 3.59. The van der Waals surface area contributed by atoms with E-state index in [1.54, 1.807) is 19.2 Å². The molecule has 0 saturated heterocycles. The van der Waals surface area contributed by atoms with E-state index in [1.165, 1.54) is 11.3 Å². The van der Waals surface area contributed by atoms with Gasteiger partial charge in [-0.2, -0.15) is 0 Å². The van der Waals surface area contributed by atoms with Gasteiger partial charge >= 0.3 is 0 Å². The Morgan fingerprint density at radius 3 is 2.64 bits per heavy atom. The van der Waals surface area contributed by atoms with Crippen molar-refractivity contribution in [1.29, 1.82) is 0 Å². The molecule has 1 aromatic heterocycles. The minimum Gasteiger partial charge on any atom is -0.484 e. The van der Waals surface area contributed by atoms with Crippen molar-refractivity contribution in [2.24, 2.45) is 0 Å². The molecule has 0 radical (unpaired) electrons. The fourth-order valence-electron chi connectivity index (χ4n) is 1.78. The van der Waals surface area contributed by atoms with Gasteiger partial charge in [-0.25, -0.2) is 0 Å². The van der Waals surface area contributed by atoms with Gasteiger partial charge in [-0.3, -0.25) is 10.1 Å². The summed E-state index contributed by atoms with van der Waals surface area (Å²) in [7, 11) is 1.57. The van der Waals surface area contributed by atoms with E-state index < -0.39 is 0 Å². The van der Waals surface area contributed by atoms with Gasteiger partial charge in [0, 0.05) is 12.1 Å². The number of ether oxygens (including phenoxy) is 2. The van der Waals surface area contributed by atoms with Gasteiger partial charge in [0.15, 0.2) is 6.61 Å². The second-order valence-corrected chi connectivity index (χ2v) is 6.08. The van der Waals surface area contributed by atoms with E-state index in [9.17, 15) is 4.79 Å². The molecule has 0 saturated carbocycles. The van der Waals surface area contributed by atoms with Crippen LogP contribution in [0, 0.1) is 13.8 Å². The number of anilines is 1. The minimum absolute atomic E-state index is 0.111. The number of carbonyl (C=O) groups excluding carboxylic acids is 1. The molecule has 0 bridgehead atoms. The molecule has 2 aromatic rings. The first-order valence-corrected chi connectivity index (χ1v) is 7.69. The third-order valence-corrected chi connectivity index (χ3v) is 4.17. The van der Waals surface area contributed by atoms with Crippen molar-refractivity contribution in [3.05, 3.63) is 33.3 Å². The van der Waals surface area contributed by atoms with Crippen molar-refractivity contribution >= 4 is 34.0 Å². The normalized spacial score (nSPS) is 10.5. The Morgan fingerprint density at radius 2 is 2.00 bits per heavy atom. The number of nitrogens with zero attached hydrogens (tertiary/aromatic N) is 2. The number of benzene rings is 1. The summed E-state index contributed by atoms with van der Waals surface area (Å²) in [6.07, 6.45) is 0. The number of aromatic nitrogens is 2. The van der Waals surface area contributed by atoms with Crippen molar-refractivity contribution in [2.45, 2.75) is 20.5 Å². The number of nitrogens with one attached hydrogen (secondary N) is 1. The highest BCUT2D eigenvalue weighted by Crippen LogP contribution is 2.25. The number of hydrogen-bond donors (Lipinski definition) is 1. The van der Waals surface area contributed by atoms with Crippen LogP contribution in [0.5, 0.6) is 5.75 Å². The van der Waals surface area contributed by atoms with E-state index in [-0.39, 0.29) is 12.5 Å². The maximum Gasteiger partial charge on any atom is 0.264 e. The van der Waals surface area contributed by atoms with Crippen molar-refractivity contribution in [1.82, 2.24) is 10.2 Å². The lowest BCUT2D eigenvalue weighted by molar-refractivity contribution is -0.118. The molecule has 1 N–H and O–H groups in total. The Balaban J connectivity index is 1.89. The van der Waals surface area contributed by atoms with Crippen LogP contribution in [0.1, 0.15) is 16.1 Å². The molecule has 1 aromatic carbocycles. The van der Waals surface area contributed by atoms with Crippen molar-refractivity contribution in [2.75, 3.05) is 19.0 Å². The summed E-state index contributed by atoms with van der Waals surface area (Å²) in [5, 5.41) is 12.2. The van der Waals surface area contributed by atoms with Crippen molar-refractivity contribution < 1.29 is 14.3 Å². The van der Waals surface area contributed by atoms with E-state index in [2.05, 4.69) is 15.5 Å². The standard InChI is InChI=1S/C14H16ClN3O3S/c1-8-4-10(5-9(2)13(8)15)21-6-11(19)16-14-18-17-12(22-14)7-20-3/h4-5H,6-7H2,1-3H3,(H,16,18,19). The molecule has 0 fully saturated rings. The number of aryl methyl sites for hydroxylation is 2. The van der Waals surface area contributed by atoms with Gasteiger partial charge in [0.2, 0.25) is 5.13 Å². The fraction of sp³-hybridized carbons (Fsp3) is 0.357. The molecule has 1 heterocycles. The zero-order valence-corrected chi connectivity index (χ0v) is 14.0. The highest BCUT2D eigenvalue weighted by atomic mass is 35.5. The topological polar surface area (TPSA) is 73.3 Å². The van der Waals surface area contributed by atoms with Crippen LogP contribution >= 0.6 is 22.9 Å². The second-order valence-electron chi connectivity index (χ2n) is 4.64. The minimum atomic E-state index is -0.301.